The van der Waals surface area contributed by atoms with Crippen LogP contribution in [-0.4, -0.2) is 53.1 Å². The van der Waals surface area contributed by atoms with Gasteiger partial charge in [-0.1, -0.05) is 0 Å². The molecule has 2 aromatic rings. The van der Waals surface area contributed by atoms with Crippen molar-refractivity contribution in [1.29, 1.82) is 0 Å². The van der Waals surface area contributed by atoms with Crippen LogP contribution in [0.3, 0.4) is 0 Å². The summed E-state index contributed by atoms with van der Waals surface area (Å²) < 4.78 is 41.6. The summed E-state index contributed by atoms with van der Waals surface area (Å²) in [6.07, 6.45) is 2.68. The highest BCUT2D eigenvalue weighted by atomic mass is 32.2. The van der Waals surface area contributed by atoms with Crippen molar-refractivity contribution in [2.24, 2.45) is 0 Å². The van der Waals surface area contributed by atoms with Gasteiger partial charge in [-0.05, 0) is 31.2 Å². The Morgan fingerprint density at radius 3 is 2.55 bits per heavy atom. The molecular weight excluding hydrogens is 416 g/mol. The van der Waals surface area contributed by atoms with Gasteiger partial charge in [0.2, 0.25) is 15.9 Å². The second kappa shape index (κ2) is 10.4. The average molecular weight is 443 g/mol. The van der Waals surface area contributed by atoms with E-state index in [-0.39, 0.29) is 5.91 Å². The van der Waals surface area contributed by atoms with E-state index in [0.717, 1.165) is 16.3 Å². The monoisotopic (exact) mass is 442 g/mol. The summed E-state index contributed by atoms with van der Waals surface area (Å²) in [4.78, 5) is 12.6. The van der Waals surface area contributed by atoms with Gasteiger partial charge in [-0.3, -0.25) is 9.10 Å². The quantitative estimate of drug-likeness (QED) is 0.534. The minimum absolute atomic E-state index is 0.319. The van der Waals surface area contributed by atoms with E-state index in [1.807, 2.05) is 12.1 Å². The van der Waals surface area contributed by atoms with Gasteiger partial charge in [-0.2, -0.15) is 11.8 Å². The maximum Gasteiger partial charge on any atom is 0.243 e. The zero-order valence-electron chi connectivity index (χ0n) is 16.9. The molecule has 0 unspecified atom stereocenters. The molecule has 1 aromatic heterocycles. The Labute approximate surface area is 175 Å². The topological polar surface area (TPSA) is 98.1 Å². The van der Waals surface area contributed by atoms with E-state index in [4.69, 9.17) is 13.9 Å². The number of nitrogens with zero attached hydrogens (tertiary/aromatic N) is 1. The van der Waals surface area contributed by atoms with Gasteiger partial charge in [-0.15, -0.1) is 0 Å². The lowest BCUT2D eigenvalue weighted by Gasteiger charge is -2.28. The molecule has 2 rings (SSSR count). The van der Waals surface area contributed by atoms with Crippen molar-refractivity contribution in [3.05, 3.63) is 42.4 Å². The minimum Gasteiger partial charge on any atom is -0.493 e. The molecule has 1 amide bonds. The van der Waals surface area contributed by atoms with E-state index in [9.17, 15) is 13.2 Å². The molecule has 1 heterocycles. The average Bonchev–Trinajstić information content (AvgIpc) is 3.19. The van der Waals surface area contributed by atoms with Gasteiger partial charge in [-0.25, -0.2) is 8.42 Å². The van der Waals surface area contributed by atoms with Crippen molar-refractivity contribution in [2.45, 2.75) is 18.7 Å². The number of anilines is 1. The third-order valence-electron chi connectivity index (χ3n) is 4.08. The number of hydrogen-bond acceptors (Lipinski definition) is 7. The lowest BCUT2D eigenvalue weighted by Crippen LogP contribution is -2.48. The van der Waals surface area contributed by atoms with Gasteiger partial charge in [0, 0.05) is 18.4 Å². The van der Waals surface area contributed by atoms with Crippen molar-refractivity contribution < 1.29 is 27.1 Å². The first-order valence-electron chi connectivity index (χ1n) is 8.87. The summed E-state index contributed by atoms with van der Waals surface area (Å²) in [6.45, 7) is 1.96. The molecule has 10 heteroatoms. The number of thioether (sulfide) groups is 1. The molecule has 0 fully saturated rings. The number of hydrogen-bond donors (Lipinski definition) is 1. The molecular formula is C19H26N2O6S2. The molecule has 0 spiro atoms. The van der Waals surface area contributed by atoms with Gasteiger partial charge in [0.05, 0.1) is 38.2 Å². The maximum absolute atomic E-state index is 12.6. The highest BCUT2D eigenvalue weighted by molar-refractivity contribution is 7.98. The largest absolute Gasteiger partial charge is 0.493 e. The predicted molar refractivity (Wildman–Crippen MR) is 114 cm³/mol. The van der Waals surface area contributed by atoms with Crippen LogP contribution >= 0.6 is 11.8 Å². The number of nitrogens with one attached hydrogen (secondary N) is 1. The fourth-order valence-corrected chi connectivity index (χ4v) is 4.66. The zero-order valence-corrected chi connectivity index (χ0v) is 18.5. The third kappa shape index (κ3) is 6.33. The fourth-order valence-electron chi connectivity index (χ4n) is 2.73. The first-order chi connectivity index (χ1) is 13.8. The Kier molecular flexibility index (Phi) is 8.27. The zero-order chi connectivity index (χ0) is 21.4. The minimum atomic E-state index is -3.71. The van der Waals surface area contributed by atoms with Gasteiger partial charge in [0.1, 0.15) is 11.8 Å². The van der Waals surface area contributed by atoms with Crippen LogP contribution in [0.15, 0.2) is 41.0 Å². The van der Waals surface area contributed by atoms with Crippen LogP contribution in [0.4, 0.5) is 5.69 Å². The molecule has 0 aliphatic heterocycles. The summed E-state index contributed by atoms with van der Waals surface area (Å²) in [7, 11) is -0.760. The summed E-state index contributed by atoms with van der Waals surface area (Å²) in [6, 6.07) is 7.49. The first kappa shape index (κ1) is 23.0. The summed E-state index contributed by atoms with van der Waals surface area (Å²) >= 11 is 1.61. The van der Waals surface area contributed by atoms with E-state index >= 15 is 0 Å². The SMILES string of the molecule is COc1ccc(N([C@H](C)C(=O)NCCSCc2ccco2)S(C)(=O)=O)cc1OC. The molecule has 8 nitrogen and oxygen atoms in total. The number of carbonyl (C=O) groups is 1. The molecule has 0 aliphatic carbocycles. The highest BCUT2D eigenvalue weighted by Gasteiger charge is 2.29. The van der Waals surface area contributed by atoms with E-state index in [0.29, 0.717) is 35.2 Å². The maximum atomic E-state index is 12.6. The van der Waals surface area contributed by atoms with E-state index in [1.165, 1.54) is 20.3 Å². The van der Waals surface area contributed by atoms with Gasteiger partial charge in [0.15, 0.2) is 11.5 Å². The Morgan fingerprint density at radius 2 is 1.97 bits per heavy atom. The lowest BCUT2D eigenvalue weighted by molar-refractivity contribution is -0.121. The Balaban J connectivity index is 2.03. The van der Waals surface area contributed by atoms with Crippen molar-refractivity contribution in [1.82, 2.24) is 5.32 Å². The number of sulfonamides is 1. The molecule has 29 heavy (non-hydrogen) atoms. The number of amides is 1. The van der Waals surface area contributed by atoms with Crippen LogP contribution in [0.5, 0.6) is 11.5 Å². The molecule has 160 valence electrons. The van der Waals surface area contributed by atoms with Crippen molar-refractivity contribution in [2.75, 3.05) is 37.1 Å². The number of carbonyl (C=O) groups excluding carboxylic acids is 1. The predicted octanol–water partition coefficient (Wildman–Crippen LogP) is 2.50. The number of methoxy groups -OCH3 is 2. The van der Waals surface area contributed by atoms with Crippen LogP contribution in [-0.2, 0) is 20.6 Å². The van der Waals surface area contributed by atoms with Crippen LogP contribution < -0.4 is 19.1 Å². The van der Waals surface area contributed by atoms with Crippen LogP contribution in [0.25, 0.3) is 0 Å². The summed E-state index contributed by atoms with van der Waals surface area (Å²) in [5.74, 6) is 2.71. The van der Waals surface area contributed by atoms with E-state index < -0.39 is 16.1 Å². The fraction of sp³-hybridized carbons (Fsp3) is 0.421. The molecule has 0 saturated carbocycles. The molecule has 1 N–H and O–H groups in total. The summed E-state index contributed by atoms with van der Waals surface area (Å²) in [5.41, 5.74) is 0.319. The number of benzene rings is 1. The highest BCUT2D eigenvalue weighted by Crippen LogP contribution is 2.33. The molecule has 0 radical (unpaired) electrons. The molecule has 0 saturated heterocycles. The summed E-state index contributed by atoms with van der Waals surface area (Å²) in [5, 5.41) is 2.78. The first-order valence-corrected chi connectivity index (χ1v) is 11.9. The van der Waals surface area contributed by atoms with Crippen molar-refractivity contribution >= 4 is 33.4 Å². The Bertz CT molecular complexity index is 899. The van der Waals surface area contributed by atoms with Gasteiger partial charge < -0.3 is 19.2 Å². The van der Waals surface area contributed by atoms with E-state index in [2.05, 4.69) is 5.32 Å². The standard InChI is InChI=1S/C19H26N2O6S2/c1-14(19(22)20-9-11-28-13-16-6-5-10-27-16)21(29(4,23)24)15-7-8-17(25-2)18(12-15)26-3/h5-8,10,12,14H,9,11,13H2,1-4H3,(H,20,22)/t14-/m1/s1. The van der Waals surface area contributed by atoms with Crippen molar-refractivity contribution in [3.63, 3.8) is 0 Å². The van der Waals surface area contributed by atoms with Crippen LogP contribution in [0.1, 0.15) is 12.7 Å². The molecule has 1 atom stereocenters. The molecule has 0 aliphatic rings. The van der Waals surface area contributed by atoms with E-state index in [1.54, 1.807) is 37.1 Å². The third-order valence-corrected chi connectivity index (χ3v) is 6.30. The van der Waals surface area contributed by atoms with Crippen molar-refractivity contribution in [3.8, 4) is 11.5 Å². The smallest absolute Gasteiger partial charge is 0.243 e. The van der Waals surface area contributed by atoms with Gasteiger partial charge in [0.25, 0.3) is 0 Å². The Hall–Kier alpha value is -2.33. The number of ether oxygens (including phenoxy) is 2. The normalized spacial score (nSPS) is 12.3. The lowest BCUT2D eigenvalue weighted by atomic mass is 10.2. The molecule has 0 bridgehead atoms. The molecule has 1 aromatic carbocycles. The Morgan fingerprint density at radius 1 is 1.24 bits per heavy atom. The van der Waals surface area contributed by atoms with Gasteiger partial charge >= 0.3 is 0 Å². The number of rotatable bonds is 11. The number of furan rings is 1. The second-order valence-corrected chi connectivity index (χ2v) is 9.16. The van der Waals surface area contributed by atoms with Crippen LogP contribution in [0.2, 0.25) is 0 Å². The van der Waals surface area contributed by atoms with Crippen LogP contribution in [0, 0.1) is 0 Å². The second-order valence-electron chi connectivity index (χ2n) is 6.20.